The molecule has 4 rings (SSSR count). The van der Waals surface area contributed by atoms with E-state index in [1.807, 2.05) is 24.3 Å². The van der Waals surface area contributed by atoms with Crippen LogP contribution in [0.15, 0.2) is 66.7 Å². The molecule has 1 aliphatic heterocycles. The van der Waals surface area contributed by atoms with Crippen molar-refractivity contribution in [2.75, 3.05) is 13.2 Å². The SMILES string of the molecule is O=C(O)COc1ccc(F)cc1C1c2ccccc2CCN1C(=O)Oc1cccc(Cl)c1. The summed E-state index contributed by atoms with van der Waals surface area (Å²) in [5.41, 5.74) is 2.12. The summed E-state index contributed by atoms with van der Waals surface area (Å²) in [6.45, 7) is -0.282. The normalized spacial score (nSPS) is 15.1. The van der Waals surface area contributed by atoms with Gasteiger partial charge in [0.2, 0.25) is 0 Å². The maximum Gasteiger partial charge on any atom is 0.416 e. The van der Waals surface area contributed by atoms with Crippen LogP contribution in [0.4, 0.5) is 9.18 Å². The van der Waals surface area contributed by atoms with Crippen LogP contribution in [-0.4, -0.2) is 35.2 Å². The number of amides is 1. The Hall–Kier alpha value is -3.58. The summed E-state index contributed by atoms with van der Waals surface area (Å²) in [4.78, 5) is 25.7. The third-order valence-electron chi connectivity index (χ3n) is 5.14. The van der Waals surface area contributed by atoms with Crippen LogP contribution in [0, 0.1) is 5.82 Å². The van der Waals surface area contributed by atoms with Crippen LogP contribution >= 0.6 is 11.6 Å². The van der Waals surface area contributed by atoms with E-state index in [1.54, 1.807) is 18.2 Å². The number of nitrogens with zero attached hydrogens (tertiary/aromatic N) is 1. The quantitative estimate of drug-likeness (QED) is 0.580. The molecule has 0 radical (unpaired) electrons. The Morgan fingerprint density at radius 3 is 2.66 bits per heavy atom. The molecular weight excluding hydrogens is 437 g/mol. The lowest BCUT2D eigenvalue weighted by Crippen LogP contribution is -2.42. The number of carboxylic acids is 1. The first-order valence-electron chi connectivity index (χ1n) is 9.88. The van der Waals surface area contributed by atoms with Crippen molar-refractivity contribution in [3.63, 3.8) is 0 Å². The van der Waals surface area contributed by atoms with Gasteiger partial charge in [0.15, 0.2) is 6.61 Å². The fraction of sp³-hybridized carbons (Fsp3) is 0.167. The van der Waals surface area contributed by atoms with Crippen LogP contribution in [-0.2, 0) is 11.2 Å². The predicted octanol–water partition coefficient (Wildman–Crippen LogP) is 5.09. The number of carboxylic acid groups (broad SMARTS) is 1. The van der Waals surface area contributed by atoms with Crippen molar-refractivity contribution in [3.8, 4) is 11.5 Å². The number of aliphatic carboxylic acids is 1. The summed E-state index contributed by atoms with van der Waals surface area (Å²) in [7, 11) is 0. The first kappa shape index (κ1) is 21.6. The van der Waals surface area contributed by atoms with Crippen LogP contribution in [0.1, 0.15) is 22.7 Å². The fourth-order valence-electron chi connectivity index (χ4n) is 3.79. The fourth-order valence-corrected chi connectivity index (χ4v) is 3.97. The van der Waals surface area contributed by atoms with E-state index < -0.39 is 30.5 Å². The monoisotopic (exact) mass is 455 g/mol. The highest BCUT2D eigenvalue weighted by Gasteiger charge is 2.35. The second-order valence-electron chi connectivity index (χ2n) is 7.23. The smallest absolute Gasteiger partial charge is 0.416 e. The third kappa shape index (κ3) is 4.68. The van der Waals surface area contributed by atoms with Gasteiger partial charge in [-0.2, -0.15) is 0 Å². The van der Waals surface area contributed by atoms with Crippen molar-refractivity contribution in [3.05, 3.63) is 94.3 Å². The minimum atomic E-state index is -1.17. The van der Waals surface area contributed by atoms with Gasteiger partial charge < -0.3 is 14.6 Å². The first-order chi connectivity index (χ1) is 15.4. The number of carbonyl (C=O) groups is 2. The molecule has 3 aromatic rings. The molecular formula is C24H19ClFNO5. The van der Waals surface area contributed by atoms with Crippen molar-refractivity contribution in [2.45, 2.75) is 12.5 Å². The van der Waals surface area contributed by atoms with Gasteiger partial charge in [-0.1, -0.05) is 41.9 Å². The van der Waals surface area contributed by atoms with Gasteiger partial charge in [-0.25, -0.2) is 14.0 Å². The molecule has 1 amide bonds. The Morgan fingerprint density at radius 2 is 1.88 bits per heavy atom. The molecule has 0 aromatic heterocycles. The van der Waals surface area contributed by atoms with E-state index in [0.717, 1.165) is 11.1 Å². The van der Waals surface area contributed by atoms with E-state index in [4.69, 9.17) is 26.2 Å². The van der Waals surface area contributed by atoms with Gasteiger partial charge in [0.1, 0.15) is 17.3 Å². The van der Waals surface area contributed by atoms with Crippen LogP contribution in [0.2, 0.25) is 5.02 Å². The van der Waals surface area contributed by atoms with Crippen molar-refractivity contribution in [2.24, 2.45) is 0 Å². The predicted molar refractivity (Wildman–Crippen MR) is 116 cm³/mol. The second-order valence-corrected chi connectivity index (χ2v) is 7.67. The Kier molecular flexibility index (Phi) is 6.28. The van der Waals surface area contributed by atoms with E-state index in [0.29, 0.717) is 23.6 Å². The summed E-state index contributed by atoms with van der Waals surface area (Å²) < 4.78 is 25.2. The molecule has 1 atom stereocenters. The minimum Gasteiger partial charge on any atom is -0.482 e. The number of benzene rings is 3. The topological polar surface area (TPSA) is 76.1 Å². The summed E-state index contributed by atoms with van der Waals surface area (Å²) in [5, 5.41) is 9.44. The molecule has 0 spiro atoms. The number of carbonyl (C=O) groups excluding carboxylic acids is 1. The van der Waals surface area contributed by atoms with Gasteiger partial charge in [-0.05, 0) is 53.9 Å². The second kappa shape index (κ2) is 9.28. The minimum absolute atomic E-state index is 0.177. The number of rotatable bonds is 5. The number of hydrogen-bond acceptors (Lipinski definition) is 4. The highest BCUT2D eigenvalue weighted by molar-refractivity contribution is 6.30. The van der Waals surface area contributed by atoms with E-state index >= 15 is 0 Å². The van der Waals surface area contributed by atoms with E-state index in [9.17, 15) is 14.0 Å². The molecule has 1 unspecified atom stereocenters. The largest absolute Gasteiger partial charge is 0.482 e. The molecule has 8 heteroatoms. The number of halogens is 2. The van der Waals surface area contributed by atoms with Gasteiger partial charge >= 0.3 is 12.1 Å². The highest BCUT2D eigenvalue weighted by atomic mass is 35.5. The van der Waals surface area contributed by atoms with Crippen LogP contribution in [0.3, 0.4) is 0 Å². The zero-order valence-corrected chi connectivity index (χ0v) is 17.6. The van der Waals surface area contributed by atoms with Crippen molar-refractivity contribution >= 4 is 23.7 Å². The van der Waals surface area contributed by atoms with Gasteiger partial charge in [0, 0.05) is 17.1 Å². The van der Waals surface area contributed by atoms with Gasteiger partial charge in [-0.15, -0.1) is 0 Å². The van der Waals surface area contributed by atoms with Gasteiger partial charge in [0.05, 0.1) is 6.04 Å². The van der Waals surface area contributed by atoms with Crippen molar-refractivity contribution in [1.82, 2.24) is 4.90 Å². The van der Waals surface area contributed by atoms with Crippen LogP contribution in [0.25, 0.3) is 0 Å². The summed E-state index contributed by atoms with van der Waals surface area (Å²) >= 11 is 5.99. The Bertz CT molecular complexity index is 1170. The maximum absolute atomic E-state index is 14.3. The molecule has 0 fully saturated rings. The third-order valence-corrected chi connectivity index (χ3v) is 5.37. The first-order valence-corrected chi connectivity index (χ1v) is 10.3. The average Bonchev–Trinajstić information content (AvgIpc) is 2.77. The maximum atomic E-state index is 14.3. The lowest BCUT2D eigenvalue weighted by atomic mass is 9.88. The lowest BCUT2D eigenvalue weighted by molar-refractivity contribution is -0.139. The Morgan fingerprint density at radius 1 is 1.06 bits per heavy atom. The van der Waals surface area contributed by atoms with Crippen LogP contribution < -0.4 is 9.47 Å². The molecule has 6 nitrogen and oxygen atoms in total. The molecule has 32 heavy (non-hydrogen) atoms. The molecule has 0 saturated carbocycles. The highest BCUT2D eigenvalue weighted by Crippen LogP contribution is 2.40. The van der Waals surface area contributed by atoms with Gasteiger partial charge in [-0.3, -0.25) is 4.90 Å². The average molecular weight is 456 g/mol. The van der Waals surface area contributed by atoms with Gasteiger partial charge in [0.25, 0.3) is 0 Å². The van der Waals surface area contributed by atoms with E-state index in [1.165, 1.54) is 29.2 Å². The lowest BCUT2D eigenvalue weighted by Gasteiger charge is -2.37. The summed E-state index contributed by atoms with van der Waals surface area (Å²) in [6.07, 6.45) is -0.0574. The van der Waals surface area contributed by atoms with E-state index in [2.05, 4.69) is 0 Å². The Labute approximate surface area is 188 Å². The molecule has 3 aromatic carbocycles. The van der Waals surface area contributed by atoms with E-state index in [-0.39, 0.29) is 11.5 Å². The molecule has 0 aliphatic carbocycles. The zero-order valence-electron chi connectivity index (χ0n) is 16.8. The number of ether oxygens (including phenoxy) is 2. The molecule has 164 valence electrons. The number of hydrogen-bond donors (Lipinski definition) is 1. The van der Waals surface area contributed by atoms with Crippen LogP contribution in [0.5, 0.6) is 11.5 Å². The summed E-state index contributed by atoms with van der Waals surface area (Å²) in [6, 6.07) is 17.1. The molecule has 1 N–H and O–H groups in total. The van der Waals surface area contributed by atoms with Crippen molar-refractivity contribution in [1.29, 1.82) is 0 Å². The number of fused-ring (bicyclic) bond motifs is 1. The molecule has 1 aliphatic rings. The molecule has 0 saturated heterocycles. The standard InChI is InChI=1S/C24H19ClFNO5/c25-16-5-3-6-18(12-16)32-24(30)27-11-10-15-4-1-2-7-19(15)23(27)20-13-17(26)8-9-21(20)31-14-22(28)29/h1-9,12-13,23H,10-11,14H2,(H,28,29). The zero-order chi connectivity index (χ0) is 22.7. The molecule has 0 bridgehead atoms. The van der Waals surface area contributed by atoms with Crippen molar-refractivity contribution < 1.29 is 28.6 Å². The Balaban J connectivity index is 1.76. The summed E-state index contributed by atoms with van der Waals surface area (Å²) in [5.74, 6) is -1.24. The molecule has 1 heterocycles.